The number of aliphatic hydroxyl groups is 2. The summed E-state index contributed by atoms with van der Waals surface area (Å²) in [6, 6.07) is 2.20. The van der Waals surface area contributed by atoms with Crippen LogP contribution in [0.25, 0.3) is 10.9 Å². The van der Waals surface area contributed by atoms with E-state index in [0.717, 1.165) is 10.9 Å². The van der Waals surface area contributed by atoms with Gasteiger partial charge in [-0.05, 0) is 24.5 Å². The maximum absolute atomic E-state index is 13.1. The number of rotatable bonds is 12. The molecule has 0 aliphatic rings. The summed E-state index contributed by atoms with van der Waals surface area (Å²) in [5, 5.41) is 36.2. The summed E-state index contributed by atoms with van der Waals surface area (Å²) in [6.07, 6.45) is 0.546. The number of para-hydroxylation sites is 1. The number of carboxylic acids is 1. The Morgan fingerprint density at radius 2 is 1.60 bits per heavy atom. The van der Waals surface area contributed by atoms with Gasteiger partial charge < -0.3 is 42.0 Å². The molecule has 0 aliphatic carbocycles. The van der Waals surface area contributed by atoms with E-state index in [0.29, 0.717) is 5.56 Å². The zero-order valence-corrected chi connectivity index (χ0v) is 19.8. The molecular formula is C23H33N5O7. The molecule has 2 rings (SSSR count). The molecule has 1 aromatic heterocycles. The molecule has 9 N–H and O–H groups in total. The van der Waals surface area contributed by atoms with Crippen molar-refractivity contribution in [2.24, 2.45) is 11.7 Å². The second-order valence-electron chi connectivity index (χ2n) is 8.70. The second-order valence-corrected chi connectivity index (χ2v) is 8.70. The Bertz CT molecular complexity index is 1050. The minimum absolute atomic E-state index is 0.00526. The maximum Gasteiger partial charge on any atom is 0.328 e. The van der Waals surface area contributed by atoms with Gasteiger partial charge in [-0.3, -0.25) is 14.4 Å². The lowest BCUT2D eigenvalue weighted by atomic mass is 10.00. The molecule has 0 aliphatic heterocycles. The first-order chi connectivity index (χ1) is 16.5. The van der Waals surface area contributed by atoms with Crippen LogP contribution in [0, 0.1) is 5.92 Å². The van der Waals surface area contributed by atoms with Crippen molar-refractivity contribution in [2.45, 2.75) is 57.5 Å². The van der Waals surface area contributed by atoms with Gasteiger partial charge in [0.25, 0.3) is 0 Å². The Kier molecular flexibility index (Phi) is 9.75. The predicted molar refractivity (Wildman–Crippen MR) is 127 cm³/mol. The molecule has 192 valence electrons. The van der Waals surface area contributed by atoms with Crippen LogP contribution >= 0.6 is 0 Å². The molecule has 12 heteroatoms. The molecule has 35 heavy (non-hydrogen) atoms. The van der Waals surface area contributed by atoms with Crippen LogP contribution in [0.1, 0.15) is 26.3 Å². The molecule has 1 heterocycles. The lowest BCUT2D eigenvalue weighted by Gasteiger charge is -2.27. The van der Waals surface area contributed by atoms with Gasteiger partial charge in [-0.15, -0.1) is 0 Å². The number of hydrogen-bond acceptors (Lipinski definition) is 7. The second kappa shape index (κ2) is 12.3. The number of nitrogens with two attached hydrogens (primary N) is 1. The predicted octanol–water partition coefficient (Wildman–Crippen LogP) is -1.39. The van der Waals surface area contributed by atoms with Crippen LogP contribution in [0.15, 0.2) is 30.5 Å². The average Bonchev–Trinajstić information content (AvgIpc) is 3.21. The summed E-state index contributed by atoms with van der Waals surface area (Å²) in [4.78, 5) is 52.8. The van der Waals surface area contributed by atoms with E-state index in [9.17, 15) is 34.5 Å². The lowest BCUT2D eigenvalue weighted by Crippen LogP contribution is -2.60. The molecule has 5 atom stereocenters. The molecule has 0 saturated carbocycles. The fourth-order valence-corrected chi connectivity index (χ4v) is 3.45. The van der Waals surface area contributed by atoms with Crippen molar-refractivity contribution in [3.8, 4) is 0 Å². The van der Waals surface area contributed by atoms with E-state index in [2.05, 4.69) is 20.9 Å². The Balaban J connectivity index is 2.30. The standard InChI is InChI=1S/C23H33N5O7/c1-11(2)19(28-21(32)18(24)12(3)30)22(33)26-16(20(31)27-17(10-29)23(34)35)8-13-9-25-15-7-5-4-6-14(13)15/h4-7,9,11-12,16-19,25,29-30H,8,10,24H2,1-3H3,(H,26,33)(H,27,31)(H,28,32)(H,34,35). The number of aliphatic hydroxyl groups excluding tert-OH is 2. The molecule has 0 spiro atoms. The number of benzene rings is 1. The van der Waals surface area contributed by atoms with Crippen molar-refractivity contribution in [3.63, 3.8) is 0 Å². The molecule has 3 amide bonds. The number of nitrogens with one attached hydrogen (secondary N) is 4. The number of carbonyl (C=O) groups is 4. The number of fused-ring (bicyclic) bond motifs is 1. The van der Waals surface area contributed by atoms with Crippen LogP contribution < -0.4 is 21.7 Å². The van der Waals surface area contributed by atoms with Crippen molar-refractivity contribution in [1.82, 2.24) is 20.9 Å². The third-order valence-electron chi connectivity index (χ3n) is 5.60. The smallest absolute Gasteiger partial charge is 0.328 e. The molecule has 0 radical (unpaired) electrons. The minimum Gasteiger partial charge on any atom is -0.480 e. The highest BCUT2D eigenvalue weighted by Gasteiger charge is 2.32. The average molecular weight is 492 g/mol. The van der Waals surface area contributed by atoms with Gasteiger partial charge in [0.05, 0.1) is 12.7 Å². The van der Waals surface area contributed by atoms with Gasteiger partial charge in [0.15, 0.2) is 0 Å². The zero-order valence-electron chi connectivity index (χ0n) is 19.8. The summed E-state index contributed by atoms with van der Waals surface area (Å²) in [5.41, 5.74) is 7.16. The van der Waals surface area contributed by atoms with Crippen LogP contribution in [0.4, 0.5) is 0 Å². The van der Waals surface area contributed by atoms with Crippen LogP contribution in [-0.4, -0.2) is 80.9 Å². The van der Waals surface area contributed by atoms with Crippen LogP contribution in [0.3, 0.4) is 0 Å². The van der Waals surface area contributed by atoms with Crippen molar-refractivity contribution in [2.75, 3.05) is 6.61 Å². The van der Waals surface area contributed by atoms with Gasteiger partial charge in [0.1, 0.15) is 24.2 Å². The number of aromatic amines is 1. The number of carboxylic acid groups (broad SMARTS) is 1. The first-order valence-electron chi connectivity index (χ1n) is 11.2. The van der Waals surface area contributed by atoms with Gasteiger partial charge in [0.2, 0.25) is 17.7 Å². The van der Waals surface area contributed by atoms with E-state index in [1.165, 1.54) is 6.92 Å². The quantitative estimate of drug-likeness (QED) is 0.177. The number of H-pyrrole nitrogens is 1. The Labute approximate surface area is 202 Å². The number of aliphatic carboxylic acids is 1. The normalized spacial score (nSPS) is 15.6. The third kappa shape index (κ3) is 7.25. The molecule has 0 fully saturated rings. The van der Waals surface area contributed by atoms with E-state index >= 15 is 0 Å². The summed E-state index contributed by atoms with van der Waals surface area (Å²) in [5.74, 6) is -4.09. The SMILES string of the molecule is CC(C)C(NC(=O)C(N)C(C)O)C(=O)NC(Cc1c[nH]c2ccccc12)C(=O)NC(CO)C(=O)O. The van der Waals surface area contributed by atoms with Crippen molar-refractivity contribution in [1.29, 1.82) is 0 Å². The van der Waals surface area contributed by atoms with E-state index < -0.39 is 66.5 Å². The number of aromatic nitrogens is 1. The third-order valence-corrected chi connectivity index (χ3v) is 5.60. The highest BCUT2D eigenvalue weighted by Crippen LogP contribution is 2.19. The van der Waals surface area contributed by atoms with Gasteiger partial charge in [-0.25, -0.2) is 4.79 Å². The summed E-state index contributed by atoms with van der Waals surface area (Å²) < 4.78 is 0. The summed E-state index contributed by atoms with van der Waals surface area (Å²) >= 11 is 0. The Morgan fingerprint density at radius 1 is 0.971 bits per heavy atom. The van der Waals surface area contributed by atoms with E-state index in [4.69, 9.17) is 5.73 Å². The molecule has 5 unspecified atom stereocenters. The number of hydrogen-bond donors (Lipinski definition) is 8. The molecule has 1 aromatic carbocycles. The van der Waals surface area contributed by atoms with Gasteiger partial charge in [0, 0.05) is 23.5 Å². The van der Waals surface area contributed by atoms with E-state index in [-0.39, 0.29) is 6.42 Å². The molecule has 12 nitrogen and oxygen atoms in total. The topological polar surface area (TPSA) is 207 Å². The van der Waals surface area contributed by atoms with Crippen molar-refractivity contribution >= 4 is 34.6 Å². The van der Waals surface area contributed by atoms with Crippen molar-refractivity contribution < 1.29 is 34.5 Å². The Hall–Kier alpha value is -3.48. The monoisotopic (exact) mass is 491 g/mol. The van der Waals surface area contributed by atoms with Crippen LogP contribution in [-0.2, 0) is 25.6 Å². The molecule has 0 bridgehead atoms. The fraction of sp³-hybridized carbons (Fsp3) is 0.478. The Morgan fingerprint density at radius 3 is 2.17 bits per heavy atom. The highest BCUT2D eigenvalue weighted by atomic mass is 16.4. The largest absolute Gasteiger partial charge is 0.480 e. The van der Waals surface area contributed by atoms with Gasteiger partial charge in [-0.1, -0.05) is 32.0 Å². The first-order valence-corrected chi connectivity index (χ1v) is 11.2. The first kappa shape index (κ1) is 27.8. The number of carbonyl (C=O) groups excluding carboxylic acids is 3. The van der Waals surface area contributed by atoms with E-state index in [1.807, 2.05) is 24.3 Å². The van der Waals surface area contributed by atoms with Gasteiger partial charge in [-0.2, -0.15) is 0 Å². The van der Waals surface area contributed by atoms with Gasteiger partial charge >= 0.3 is 5.97 Å². The maximum atomic E-state index is 13.1. The lowest BCUT2D eigenvalue weighted by molar-refractivity contribution is -0.143. The fourth-order valence-electron chi connectivity index (χ4n) is 3.45. The molecule has 2 aromatic rings. The zero-order chi connectivity index (χ0) is 26.3. The van der Waals surface area contributed by atoms with Crippen LogP contribution in [0.2, 0.25) is 0 Å². The molecule has 0 saturated heterocycles. The summed E-state index contributed by atoms with van der Waals surface area (Å²) in [7, 11) is 0. The summed E-state index contributed by atoms with van der Waals surface area (Å²) in [6.45, 7) is 3.87. The number of amides is 3. The minimum atomic E-state index is -1.56. The van der Waals surface area contributed by atoms with Crippen molar-refractivity contribution in [3.05, 3.63) is 36.0 Å². The van der Waals surface area contributed by atoms with E-state index in [1.54, 1.807) is 20.0 Å². The highest BCUT2D eigenvalue weighted by molar-refractivity contribution is 5.95. The van der Waals surface area contributed by atoms with Crippen LogP contribution in [0.5, 0.6) is 0 Å². The molecular weight excluding hydrogens is 458 g/mol.